The number of carbonyl (C=O) groups excluding carboxylic acids is 1. The molecule has 0 saturated carbocycles. The minimum Gasteiger partial charge on any atom is -0.478 e. The average Bonchev–Trinajstić information content (AvgIpc) is 3.23. The average molecular weight is 557 g/mol. The molecule has 210 valence electrons. The first-order valence-corrected chi connectivity index (χ1v) is 12.2. The smallest absolute Gasteiger partial charge is 0.478 e. The normalized spacial score (nSPS) is 11.0. The summed E-state index contributed by atoms with van der Waals surface area (Å²) in [6, 6.07) is 19.9. The molecule has 0 fully saturated rings. The number of unbranched alkanes of at least 4 members (excludes halogenated alkanes) is 1. The fourth-order valence-corrected chi connectivity index (χ4v) is 3.99. The summed E-state index contributed by atoms with van der Waals surface area (Å²) in [5.41, 5.74) is 10.6. The van der Waals surface area contributed by atoms with E-state index in [0.29, 0.717) is 17.8 Å². The van der Waals surface area contributed by atoms with Gasteiger partial charge in [0.2, 0.25) is 0 Å². The maximum absolute atomic E-state index is 11.6. The van der Waals surface area contributed by atoms with E-state index < -0.39 is 24.1 Å². The van der Waals surface area contributed by atoms with Crippen molar-refractivity contribution < 1.29 is 37.8 Å². The topological polar surface area (TPSA) is 148 Å². The maximum Gasteiger partial charge on any atom is 0.490 e. The summed E-state index contributed by atoms with van der Waals surface area (Å²) in [5.74, 6) is -2.71. The van der Waals surface area contributed by atoms with E-state index in [-0.39, 0.29) is 5.56 Å². The van der Waals surface area contributed by atoms with Gasteiger partial charge in [0.25, 0.3) is 0 Å². The number of alkyl halides is 3. The standard InChI is InChI=1S/C26H26N4O3.C2HF3O2/c1-2-3-8-24-29-22-14-13-19(28-26(27)33)15-23(22)30(24)16-17-9-11-18(12-10-17)20-6-4-5-7-21(20)25(31)32;3-2(4,5)1(6)7/h4-7,9-15H,2-3,8,16H2,1H3,(H,31,32)(H3,27,28,33);(H,6,7). The number of anilines is 1. The second-order valence-electron chi connectivity index (χ2n) is 8.76. The molecule has 0 bridgehead atoms. The van der Waals surface area contributed by atoms with Crippen LogP contribution in [0.2, 0.25) is 0 Å². The van der Waals surface area contributed by atoms with E-state index in [4.69, 9.17) is 20.6 Å². The lowest BCUT2D eigenvalue weighted by molar-refractivity contribution is -0.192. The molecule has 2 amide bonds. The van der Waals surface area contributed by atoms with Gasteiger partial charge in [-0.25, -0.2) is 19.4 Å². The van der Waals surface area contributed by atoms with Crippen molar-refractivity contribution in [3.8, 4) is 11.1 Å². The largest absolute Gasteiger partial charge is 0.490 e. The Morgan fingerprint density at radius 1 is 1.00 bits per heavy atom. The number of amides is 2. The van der Waals surface area contributed by atoms with Gasteiger partial charge in [-0.3, -0.25) is 0 Å². The van der Waals surface area contributed by atoms with Crippen molar-refractivity contribution in [2.24, 2.45) is 5.73 Å². The second-order valence-corrected chi connectivity index (χ2v) is 8.76. The molecule has 0 atom stereocenters. The zero-order chi connectivity index (χ0) is 29.4. The lowest BCUT2D eigenvalue weighted by Gasteiger charge is -2.12. The zero-order valence-corrected chi connectivity index (χ0v) is 21.4. The monoisotopic (exact) mass is 556 g/mol. The van der Waals surface area contributed by atoms with Gasteiger partial charge < -0.3 is 25.8 Å². The molecule has 0 saturated heterocycles. The second kappa shape index (κ2) is 12.8. The van der Waals surface area contributed by atoms with Crippen LogP contribution in [0, 0.1) is 0 Å². The Labute approximate surface area is 227 Å². The summed E-state index contributed by atoms with van der Waals surface area (Å²) in [6.45, 7) is 2.76. The van der Waals surface area contributed by atoms with Gasteiger partial charge in [0, 0.05) is 18.7 Å². The van der Waals surface area contributed by atoms with Gasteiger partial charge in [-0.1, -0.05) is 55.8 Å². The van der Waals surface area contributed by atoms with Crippen LogP contribution in [0.4, 0.5) is 23.7 Å². The lowest BCUT2D eigenvalue weighted by atomic mass is 9.99. The number of aromatic carboxylic acids is 1. The fourth-order valence-electron chi connectivity index (χ4n) is 3.99. The third-order valence-electron chi connectivity index (χ3n) is 5.85. The van der Waals surface area contributed by atoms with E-state index in [2.05, 4.69) is 16.8 Å². The van der Waals surface area contributed by atoms with Crippen LogP contribution in [0.15, 0.2) is 66.7 Å². The van der Waals surface area contributed by atoms with Crippen LogP contribution in [-0.2, 0) is 17.8 Å². The summed E-state index contributed by atoms with van der Waals surface area (Å²) < 4.78 is 33.9. The number of nitrogens with zero attached hydrogens (tertiary/aromatic N) is 2. The number of carboxylic acids is 2. The quantitative estimate of drug-likeness (QED) is 0.212. The highest BCUT2D eigenvalue weighted by Gasteiger charge is 2.38. The van der Waals surface area contributed by atoms with E-state index in [9.17, 15) is 27.9 Å². The third kappa shape index (κ3) is 7.59. The number of halogens is 3. The number of hydrogen-bond donors (Lipinski definition) is 4. The predicted octanol–water partition coefficient (Wildman–Crippen LogP) is 5.92. The van der Waals surface area contributed by atoms with Crippen LogP contribution in [0.5, 0.6) is 0 Å². The molecule has 4 rings (SSSR count). The first kappa shape index (κ1) is 29.7. The molecule has 0 aliphatic carbocycles. The van der Waals surface area contributed by atoms with Crippen molar-refractivity contribution in [2.45, 2.75) is 38.9 Å². The molecule has 5 N–H and O–H groups in total. The Kier molecular flexibility index (Phi) is 9.49. The number of aromatic nitrogens is 2. The van der Waals surface area contributed by atoms with E-state index in [1.54, 1.807) is 18.2 Å². The number of carbonyl (C=O) groups is 3. The van der Waals surface area contributed by atoms with Gasteiger partial charge >= 0.3 is 24.1 Å². The number of urea groups is 1. The maximum atomic E-state index is 11.6. The molecule has 12 heteroatoms. The van der Waals surface area contributed by atoms with Gasteiger partial charge in [0.05, 0.1) is 16.6 Å². The molecule has 0 aliphatic heterocycles. The number of imidazole rings is 1. The fraction of sp³-hybridized carbons (Fsp3) is 0.214. The van der Waals surface area contributed by atoms with Crippen molar-refractivity contribution in [1.82, 2.24) is 9.55 Å². The van der Waals surface area contributed by atoms with Crippen molar-refractivity contribution in [1.29, 1.82) is 0 Å². The van der Waals surface area contributed by atoms with Gasteiger partial charge in [-0.15, -0.1) is 0 Å². The molecule has 4 aromatic rings. The van der Waals surface area contributed by atoms with Gasteiger partial charge in [0.1, 0.15) is 5.82 Å². The van der Waals surface area contributed by atoms with E-state index in [1.807, 2.05) is 48.5 Å². The first-order chi connectivity index (χ1) is 18.9. The van der Waals surface area contributed by atoms with Crippen LogP contribution < -0.4 is 11.1 Å². The summed E-state index contributed by atoms with van der Waals surface area (Å²) >= 11 is 0. The molecule has 0 spiro atoms. The number of benzene rings is 3. The summed E-state index contributed by atoms with van der Waals surface area (Å²) in [6.07, 6.45) is -2.14. The van der Waals surface area contributed by atoms with Gasteiger partial charge in [-0.05, 0) is 47.4 Å². The van der Waals surface area contributed by atoms with Crippen LogP contribution in [0.1, 0.15) is 41.5 Å². The summed E-state index contributed by atoms with van der Waals surface area (Å²) in [4.78, 5) is 36.6. The van der Waals surface area contributed by atoms with E-state index in [0.717, 1.165) is 47.2 Å². The highest BCUT2D eigenvalue weighted by molar-refractivity contribution is 5.96. The molecule has 1 aromatic heterocycles. The van der Waals surface area contributed by atoms with Crippen molar-refractivity contribution >= 4 is 34.7 Å². The number of primary amides is 1. The Balaban J connectivity index is 0.000000559. The number of aliphatic carboxylic acids is 1. The van der Waals surface area contributed by atoms with Crippen LogP contribution >= 0.6 is 0 Å². The minimum atomic E-state index is -5.08. The minimum absolute atomic E-state index is 0.280. The molecule has 0 unspecified atom stereocenters. The number of aryl methyl sites for hydroxylation is 1. The number of nitrogens with two attached hydrogens (primary N) is 1. The van der Waals surface area contributed by atoms with Crippen molar-refractivity contribution in [3.05, 3.63) is 83.7 Å². The zero-order valence-electron chi connectivity index (χ0n) is 21.4. The molecule has 0 aliphatic rings. The number of fused-ring (bicyclic) bond motifs is 1. The van der Waals surface area contributed by atoms with E-state index in [1.165, 1.54) is 0 Å². The number of carboxylic acid groups (broad SMARTS) is 2. The summed E-state index contributed by atoms with van der Waals surface area (Å²) in [5, 5.41) is 19.2. The SMILES string of the molecule is CCCCc1nc2ccc(NC(N)=O)cc2n1Cc1ccc(-c2ccccc2C(=O)O)cc1.O=C(O)C(F)(F)F. The van der Waals surface area contributed by atoms with E-state index >= 15 is 0 Å². The van der Waals surface area contributed by atoms with Gasteiger partial charge in [0.15, 0.2) is 0 Å². The lowest BCUT2D eigenvalue weighted by Crippen LogP contribution is -2.21. The number of hydrogen-bond acceptors (Lipinski definition) is 4. The Morgan fingerprint density at radius 3 is 2.23 bits per heavy atom. The number of rotatable bonds is 8. The highest BCUT2D eigenvalue weighted by Crippen LogP contribution is 2.26. The van der Waals surface area contributed by atoms with Crippen molar-refractivity contribution in [2.75, 3.05) is 5.32 Å². The Bertz CT molecular complexity index is 1510. The molecule has 9 nitrogen and oxygen atoms in total. The third-order valence-corrected chi connectivity index (χ3v) is 5.85. The van der Waals surface area contributed by atoms with Crippen LogP contribution in [-0.4, -0.2) is 43.9 Å². The Morgan fingerprint density at radius 2 is 1.65 bits per heavy atom. The molecule has 1 heterocycles. The number of nitrogens with one attached hydrogen (secondary N) is 1. The summed E-state index contributed by atoms with van der Waals surface area (Å²) in [7, 11) is 0. The molecule has 40 heavy (non-hydrogen) atoms. The Hall–Kier alpha value is -4.87. The highest BCUT2D eigenvalue weighted by atomic mass is 19.4. The van der Waals surface area contributed by atoms with Crippen LogP contribution in [0.25, 0.3) is 22.2 Å². The first-order valence-electron chi connectivity index (χ1n) is 12.2. The van der Waals surface area contributed by atoms with Crippen LogP contribution in [0.3, 0.4) is 0 Å². The molecular weight excluding hydrogens is 529 g/mol. The van der Waals surface area contributed by atoms with Crippen molar-refractivity contribution in [3.63, 3.8) is 0 Å². The molecule has 3 aromatic carbocycles. The molecular formula is C28H27F3N4O5. The predicted molar refractivity (Wildman–Crippen MR) is 143 cm³/mol. The molecule has 0 radical (unpaired) electrons. The van der Waals surface area contributed by atoms with Gasteiger partial charge in [-0.2, -0.15) is 13.2 Å².